The number of ether oxygens (including phenoxy) is 1. The molecule has 17 heavy (non-hydrogen) atoms. The Kier molecular flexibility index (Phi) is 2.65. The Hall–Kier alpha value is -1.67. The van der Waals surface area contributed by atoms with Crippen molar-refractivity contribution < 1.29 is 4.74 Å². The van der Waals surface area contributed by atoms with Crippen LogP contribution in [-0.2, 0) is 6.42 Å². The normalized spacial score (nSPS) is 13.0. The van der Waals surface area contributed by atoms with Gasteiger partial charge < -0.3 is 10.1 Å². The van der Waals surface area contributed by atoms with Crippen LogP contribution in [0.15, 0.2) is 42.5 Å². The van der Waals surface area contributed by atoms with Gasteiger partial charge >= 0.3 is 0 Å². The van der Waals surface area contributed by atoms with E-state index in [1.54, 1.807) is 0 Å². The molecule has 0 unspecified atom stereocenters. The van der Waals surface area contributed by atoms with Crippen LogP contribution in [0.4, 0.5) is 5.69 Å². The molecule has 2 aromatic carbocycles. The number of rotatable bonds is 2. The lowest BCUT2D eigenvalue weighted by molar-refractivity contribution is 0.485. The van der Waals surface area contributed by atoms with Crippen molar-refractivity contribution in [3.05, 3.63) is 53.1 Å². The molecule has 3 rings (SSSR count). The fourth-order valence-corrected chi connectivity index (χ4v) is 2.21. The van der Waals surface area contributed by atoms with Gasteiger partial charge in [0.1, 0.15) is 5.75 Å². The zero-order valence-corrected chi connectivity index (χ0v) is 10.00. The molecule has 1 heterocycles. The highest BCUT2D eigenvalue weighted by atomic mass is 35.5. The molecule has 86 valence electrons. The van der Waals surface area contributed by atoms with Crippen molar-refractivity contribution in [3.8, 4) is 11.5 Å². The average molecular weight is 246 g/mol. The van der Waals surface area contributed by atoms with Crippen molar-refractivity contribution in [2.24, 2.45) is 0 Å². The van der Waals surface area contributed by atoms with Gasteiger partial charge in [-0.05, 0) is 30.2 Å². The molecule has 0 aliphatic carbocycles. The number of hydrogen-bond acceptors (Lipinski definition) is 2. The molecule has 0 spiro atoms. The lowest BCUT2D eigenvalue weighted by Gasteiger charge is -2.11. The van der Waals surface area contributed by atoms with Gasteiger partial charge in [-0.25, -0.2) is 0 Å². The summed E-state index contributed by atoms with van der Waals surface area (Å²) in [4.78, 5) is 0. The molecule has 3 heteroatoms. The van der Waals surface area contributed by atoms with Crippen LogP contribution >= 0.6 is 11.6 Å². The molecule has 0 radical (unpaired) electrons. The van der Waals surface area contributed by atoms with E-state index in [9.17, 15) is 0 Å². The predicted octanol–water partition coefficient (Wildman–Crippen LogP) is 4.10. The van der Waals surface area contributed by atoms with E-state index in [-0.39, 0.29) is 0 Å². The van der Waals surface area contributed by atoms with E-state index in [4.69, 9.17) is 16.3 Å². The molecular weight excluding hydrogens is 234 g/mol. The van der Waals surface area contributed by atoms with Crippen molar-refractivity contribution in [1.82, 2.24) is 0 Å². The minimum atomic E-state index is 0.628. The van der Waals surface area contributed by atoms with Gasteiger partial charge in [-0.3, -0.25) is 0 Å². The Bertz CT molecular complexity index is 554. The van der Waals surface area contributed by atoms with Crippen LogP contribution in [0.25, 0.3) is 0 Å². The standard InChI is InChI=1S/C14H12ClNO/c15-11-5-1-2-6-12(11)17-13-7-3-4-10-8-9-16-14(10)13/h1-7,16H,8-9H2. The quantitative estimate of drug-likeness (QED) is 0.860. The molecule has 0 saturated heterocycles. The van der Waals surface area contributed by atoms with Crippen molar-refractivity contribution in [2.75, 3.05) is 11.9 Å². The second-order valence-corrected chi connectivity index (χ2v) is 4.41. The Morgan fingerprint density at radius 1 is 1.00 bits per heavy atom. The maximum Gasteiger partial charge on any atom is 0.150 e. The van der Waals surface area contributed by atoms with Crippen molar-refractivity contribution in [3.63, 3.8) is 0 Å². The summed E-state index contributed by atoms with van der Waals surface area (Å²) < 4.78 is 5.86. The molecule has 0 saturated carbocycles. The number of benzene rings is 2. The second-order valence-electron chi connectivity index (χ2n) is 4.00. The Labute approximate surface area is 105 Å². The van der Waals surface area contributed by atoms with Crippen molar-refractivity contribution >= 4 is 17.3 Å². The number of fused-ring (bicyclic) bond motifs is 1. The highest BCUT2D eigenvalue weighted by Crippen LogP contribution is 2.37. The van der Waals surface area contributed by atoms with Crippen molar-refractivity contribution in [2.45, 2.75) is 6.42 Å². The van der Waals surface area contributed by atoms with E-state index in [0.717, 1.165) is 24.4 Å². The van der Waals surface area contributed by atoms with Crippen LogP contribution in [0.3, 0.4) is 0 Å². The molecule has 0 fully saturated rings. The molecule has 0 atom stereocenters. The summed E-state index contributed by atoms with van der Waals surface area (Å²) in [6.45, 7) is 0.970. The maximum atomic E-state index is 6.08. The fourth-order valence-electron chi connectivity index (χ4n) is 2.04. The first kappa shape index (κ1) is 10.5. The summed E-state index contributed by atoms with van der Waals surface area (Å²) in [7, 11) is 0. The zero-order chi connectivity index (χ0) is 11.7. The molecule has 1 aliphatic heterocycles. The van der Waals surface area contributed by atoms with Gasteiger partial charge in [0.25, 0.3) is 0 Å². The summed E-state index contributed by atoms with van der Waals surface area (Å²) in [6, 6.07) is 13.6. The van der Waals surface area contributed by atoms with Gasteiger partial charge in [0.05, 0.1) is 10.7 Å². The van der Waals surface area contributed by atoms with Crippen molar-refractivity contribution in [1.29, 1.82) is 0 Å². The summed E-state index contributed by atoms with van der Waals surface area (Å²) in [5.41, 5.74) is 2.39. The van der Waals surface area contributed by atoms with E-state index in [1.165, 1.54) is 5.56 Å². The molecule has 2 nitrogen and oxygen atoms in total. The third-order valence-corrected chi connectivity index (χ3v) is 3.18. The summed E-state index contributed by atoms with van der Waals surface area (Å²) in [6.07, 6.45) is 1.05. The molecular formula is C14H12ClNO. The number of anilines is 1. The first-order valence-electron chi connectivity index (χ1n) is 5.63. The Morgan fingerprint density at radius 3 is 2.71 bits per heavy atom. The second kappa shape index (κ2) is 4.30. The average Bonchev–Trinajstić information content (AvgIpc) is 2.81. The first-order valence-corrected chi connectivity index (χ1v) is 6.00. The Balaban J connectivity index is 1.97. The predicted molar refractivity (Wildman–Crippen MR) is 70.2 cm³/mol. The summed E-state index contributed by atoms with van der Waals surface area (Å²) >= 11 is 6.08. The first-order chi connectivity index (χ1) is 8.34. The zero-order valence-electron chi connectivity index (χ0n) is 9.24. The summed E-state index contributed by atoms with van der Waals surface area (Å²) in [5.74, 6) is 1.53. The van der Waals surface area contributed by atoms with E-state index in [1.807, 2.05) is 36.4 Å². The van der Waals surface area contributed by atoms with Crippen LogP contribution in [0, 0.1) is 0 Å². The van der Waals surface area contributed by atoms with Crippen LogP contribution in [0.5, 0.6) is 11.5 Å². The molecule has 0 amide bonds. The van der Waals surface area contributed by atoms with Crippen LogP contribution in [0.2, 0.25) is 5.02 Å². The van der Waals surface area contributed by atoms with Gasteiger partial charge in [-0.2, -0.15) is 0 Å². The highest BCUT2D eigenvalue weighted by Gasteiger charge is 2.15. The van der Waals surface area contributed by atoms with Gasteiger partial charge in [0, 0.05) is 6.54 Å². The molecule has 0 bridgehead atoms. The van der Waals surface area contributed by atoms with Gasteiger partial charge in [-0.15, -0.1) is 0 Å². The molecule has 0 aromatic heterocycles. The van der Waals surface area contributed by atoms with E-state index >= 15 is 0 Å². The van der Waals surface area contributed by atoms with E-state index in [2.05, 4.69) is 11.4 Å². The molecule has 1 aliphatic rings. The van der Waals surface area contributed by atoms with Gasteiger partial charge in [-0.1, -0.05) is 35.9 Å². The molecule has 2 aromatic rings. The smallest absolute Gasteiger partial charge is 0.150 e. The number of halogens is 1. The van der Waals surface area contributed by atoms with Crippen LogP contribution < -0.4 is 10.1 Å². The minimum absolute atomic E-state index is 0.628. The third-order valence-electron chi connectivity index (χ3n) is 2.87. The monoisotopic (exact) mass is 245 g/mol. The minimum Gasteiger partial charge on any atom is -0.454 e. The Morgan fingerprint density at radius 2 is 1.82 bits per heavy atom. The van der Waals surface area contributed by atoms with E-state index < -0.39 is 0 Å². The fraction of sp³-hybridized carbons (Fsp3) is 0.143. The SMILES string of the molecule is Clc1ccccc1Oc1cccc2c1NCC2. The topological polar surface area (TPSA) is 21.3 Å². The number of nitrogens with one attached hydrogen (secondary N) is 1. The lowest BCUT2D eigenvalue weighted by atomic mass is 10.1. The summed E-state index contributed by atoms with van der Waals surface area (Å²) in [5, 5.41) is 3.97. The highest BCUT2D eigenvalue weighted by molar-refractivity contribution is 6.32. The van der Waals surface area contributed by atoms with Gasteiger partial charge in [0.15, 0.2) is 5.75 Å². The van der Waals surface area contributed by atoms with Crippen LogP contribution in [-0.4, -0.2) is 6.54 Å². The third kappa shape index (κ3) is 1.96. The number of para-hydroxylation sites is 2. The van der Waals surface area contributed by atoms with E-state index in [0.29, 0.717) is 10.8 Å². The largest absolute Gasteiger partial charge is 0.454 e. The molecule has 1 N–H and O–H groups in total. The lowest BCUT2D eigenvalue weighted by Crippen LogP contribution is -1.94. The van der Waals surface area contributed by atoms with Gasteiger partial charge in [0.2, 0.25) is 0 Å². The maximum absolute atomic E-state index is 6.08. The van der Waals surface area contributed by atoms with Crippen LogP contribution in [0.1, 0.15) is 5.56 Å². The number of hydrogen-bond donors (Lipinski definition) is 1.